The Morgan fingerprint density at radius 1 is 1.15 bits per heavy atom. The van der Waals surface area contributed by atoms with Gasteiger partial charge in [-0.25, -0.2) is 0 Å². The zero-order chi connectivity index (χ0) is 15.0. The highest BCUT2D eigenvalue weighted by atomic mass is 16.7. The van der Waals surface area contributed by atoms with Gasteiger partial charge >= 0.3 is 5.97 Å². The Balaban J connectivity index is 3.12. The molecule has 0 saturated carbocycles. The number of carbonyl (C=O) groups is 1. The second-order valence-corrected chi connectivity index (χ2v) is 4.08. The van der Waals surface area contributed by atoms with E-state index in [2.05, 4.69) is 0 Å². The van der Waals surface area contributed by atoms with E-state index < -0.39 is 5.97 Å². The van der Waals surface area contributed by atoms with Crippen LogP contribution in [0.25, 0.3) is 0 Å². The van der Waals surface area contributed by atoms with Crippen LogP contribution in [0.3, 0.4) is 0 Å². The quantitative estimate of drug-likeness (QED) is 0.697. The summed E-state index contributed by atoms with van der Waals surface area (Å²) in [5, 5.41) is 8.99. The number of rotatable bonds is 9. The smallest absolute Gasteiger partial charge is 0.307 e. The third-order valence-corrected chi connectivity index (χ3v) is 2.65. The Kier molecular flexibility index (Phi) is 6.83. The van der Waals surface area contributed by atoms with Gasteiger partial charge in [-0.05, 0) is 23.6 Å². The fraction of sp³-hybridized carbons (Fsp3) is 0.500. The number of carboxylic acids is 1. The molecule has 1 aromatic rings. The maximum absolute atomic E-state index is 11.0. The summed E-state index contributed by atoms with van der Waals surface area (Å²) in [7, 11) is 3.04. The largest absolute Gasteiger partial charge is 0.481 e. The molecule has 0 atom stereocenters. The maximum Gasteiger partial charge on any atom is 0.307 e. The van der Waals surface area contributed by atoms with E-state index in [1.54, 1.807) is 12.1 Å². The molecule has 0 radical (unpaired) electrons. The minimum atomic E-state index is -0.902. The van der Waals surface area contributed by atoms with E-state index in [0.29, 0.717) is 23.5 Å². The predicted molar refractivity (Wildman–Crippen MR) is 72.2 cm³/mol. The van der Waals surface area contributed by atoms with Gasteiger partial charge in [0.1, 0.15) is 11.5 Å². The third-order valence-electron chi connectivity index (χ3n) is 2.65. The molecule has 0 aliphatic rings. The number of aliphatic carboxylic acids is 1. The lowest BCUT2D eigenvalue weighted by atomic mass is 10.0. The summed E-state index contributed by atoms with van der Waals surface area (Å²) >= 11 is 0. The highest BCUT2D eigenvalue weighted by Crippen LogP contribution is 2.30. The van der Waals surface area contributed by atoms with E-state index >= 15 is 0 Å². The number of ether oxygens (including phenoxy) is 4. The van der Waals surface area contributed by atoms with Crippen molar-refractivity contribution in [3.8, 4) is 11.5 Å². The lowest BCUT2D eigenvalue weighted by Crippen LogP contribution is -2.09. The lowest BCUT2D eigenvalue weighted by Gasteiger charge is -2.16. The van der Waals surface area contributed by atoms with Gasteiger partial charge in [0.2, 0.25) is 0 Å². The molecule has 0 fully saturated rings. The first-order chi connectivity index (χ1) is 9.62. The average molecular weight is 284 g/mol. The van der Waals surface area contributed by atoms with E-state index in [1.807, 2.05) is 6.92 Å². The van der Waals surface area contributed by atoms with E-state index in [4.69, 9.17) is 24.1 Å². The topological polar surface area (TPSA) is 74.2 Å². The molecule has 0 amide bonds. The molecule has 6 heteroatoms. The Morgan fingerprint density at radius 3 is 2.35 bits per heavy atom. The molecule has 0 aliphatic carbocycles. The molecule has 0 spiro atoms. The van der Waals surface area contributed by atoms with Crippen molar-refractivity contribution in [2.75, 3.05) is 27.8 Å². The van der Waals surface area contributed by atoms with Crippen LogP contribution in [0.4, 0.5) is 0 Å². The maximum atomic E-state index is 11.0. The normalized spacial score (nSPS) is 10.3. The summed E-state index contributed by atoms with van der Waals surface area (Å²) in [6, 6.07) is 3.41. The first-order valence-corrected chi connectivity index (χ1v) is 6.23. The first kappa shape index (κ1) is 16.3. The summed E-state index contributed by atoms with van der Waals surface area (Å²) < 4.78 is 20.6. The second-order valence-electron chi connectivity index (χ2n) is 4.08. The van der Waals surface area contributed by atoms with Crippen LogP contribution in [0.1, 0.15) is 18.1 Å². The molecule has 0 unspecified atom stereocenters. The molecular weight excluding hydrogens is 264 g/mol. The molecule has 0 bridgehead atoms. The van der Waals surface area contributed by atoms with Gasteiger partial charge in [-0.1, -0.05) is 6.92 Å². The van der Waals surface area contributed by atoms with Gasteiger partial charge in [-0.3, -0.25) is 4.79 Å². The highest BCUT2D eigenvalue weighted by molar-refractivity contribution is 5.71. The molecule has 0 saturated heterocycles. The minimum Gasteiger partial charge on any atom is -0.481 e. The van der Waals surface area contributed by atoms with Crippen molar-refractivity contribution in [2.45, 2.75) is 19.8 Å². The number of hydrogen-bond donors (Lipinski definition) is 1. The summed E-state index contributed by atoms with van der Waals surface area (Å²) in [4.78, 5) is 11.0. The number of carboxylic acid groups (broad SMARTS) is 1. The van der Waals surface area contributed by atoms with E-state index in [0.717, 1.165) is 5.56 Å². The standard InChI is InChI=1S/C14H20O6/c1-4-12-10(6-14(15)16)5-11(19-8-17-2)7-13(12)20-9-18-3/h5,7H,4,6,8-9H2,1-3H3,(H,15,16). The van der Waals surface area contributed by atoms with Gasteiger partial charge in [0, 0.05) is 20.3 Å². The van der Waals surface area contributed by atoms with Crippen LogP contribution in [0.5, 0.6) is 11.5 Å². The summed E-state index contributed by atoms with van der Waals surface area (Å²) in [5.41, 5.74) is 1.51. The summed E-state index contributed by atoms with van der Waals surface area (Å²) in [6.07, 6.45) is 0.572. The number of benzene rings is 1. The molecule has 1 aromatic carbocycles. The van der Waals surface area contributed by atoms with Crippen LogP contribution in [-0.4, -0.2) is 38.9 Å². The Morgan fingerprint density at radius 2 is 1.80 bits per heavy atom. The van der Waals surface area contributed by atoms with Crippen LogP contribution >= 0.6 is 0 Å². The lowest BCUT2D eigenvalue weighted by molar-refractivity contribution is -0.136. The van der Waals surface area contributed by atoms with Gasteiger partial charge < -0.3 is 24.1 Å². The number of hydrogen-bond acceptors (Lipinski definition) is 5. The first-order valence-electron chi connectivity index (χ1n) is 6.23. The van der Waals surface area contributed by atoms with Crippen molar-refractivity contribution in [1.29, 1.82) is 0 Å². The second kappa shape index (κ2) is 8.39. The van der Waals surface area contributed by atoms with E-state index in [-0.39, 0.29) is 20.0 Å². The van der Waals surface area contributed by atoms with Crippen LogP contribution in [0.15, 0.2) is 12.1 Å². The SMILES string of the molecule is CCc1c(CC(=O)O)cc(OCOC)cc1OCOC. The molecule has 0 heterocycles. The van der Waals surface area contributed by atoms with Crippen LogP contribution in [-0.2, 0) is 27.1 Å². The van der Waals surface area contributed by atoms with Crippen molar-refractivity contribution in [1.82, 2.24) is 0 Å². The van der Waals surface area contributed by atoms with Crippen molar-refractivity contribution < 1.29 is 28.8 Å². The molecule has 20 heavy (non-hydrogen) atoms. The summed E-state index contributed by atoms with van der Waals surface area (Å²) in [5.74, 6) is 0.173. The Bertz CT molecular complexity index is 444. The van der Waals surface area contributed by atoms with Crippen molar-refractivity contribution in [2.24, 2.45) is 0 Å². The van der Waals surface area contributed by atoms with Crippen molar-refractivity contribution in [3.05, 3.63) is 23.3 Å². The van der Waals surface area contributed by atoms with Gasteiger partial charge in [0.25, 0.3) is 0 Å². The minimum absolute atomic E-state index is 0.0850. The van der Waals surface area contributed by atoms with Gasteiger partial charge in [0.05, 0.1) is 6.42 Å². The highest BCUT2D eigenvalue weighted by Gasteiger charge is 2.14. The Labute approximate surface area is 118 Å². The van der Waals surface area contributed by atoms with E-state index in [1.165, 1.54) is 14.2 Å². The molecule has 0 aliphatic heterocycles. The zero-order valence-electron chi connectivity index (χ0n) is 12.0. The van der Waals surface area contributed by atoms with Crippen LogP contribution in [0, 0.1) is 0 Å². The number of methoxy groups -OCH3 is 2. The molecular formula is C14H20O6. The molecule has 6 nitrogen and oxygen atoms in total. The van der Waals surface area contributed by atoms with Gasteiger partial charge in [-0.15, -0.1) is 0 Å². The predicted octanol–water partition coefficient (Wildman–Crippen LogP) is 1.84. The van der Waals surface area contributed by atoms with Crippen molar-refractivity contribution in [3.63, 3.8) is 0 Å². The Hall–Kier alpha value is -1.79. The van der Waals surface area contributed by atoms with Crippen molar-refractivity contribution >= 4 is 5.97 Å². The van der Waals surface area contributed by atoms with Gasteiger partial charge in [-0.2, -0.15) is 0 Å². The van der Waals surface area contributed by atoms with Gasteiger partial charge in [0.15, 0.2) is 13.6 Å². The molecule has 0 aromatic heterocycles. The van der Waals surface area contributed by atoms with E-state index in [9.17, 15) is 4.79 Å². The fourth-order valence-electron chi connectivity index (χ4n) is 1.86. The third kappa shape index (κ3) is 4.71. The average Bonchev–Trinajstić information content (AvgIpc) is 2.42. The molecule has 1 N–H and O–H groups in total. The summed E-state index contributed by atoms with van der Waals surface area (Å²) in [6.45, 7) is 2.12. The monoisotopic (exact) mass is 284 g/mol. The zero-order valence-corrected chi connectivity index (χ0v) is 12.0. The van der Waals surface area contributed by atoms with Crippen LogP contribution in [0.2, 0.25) is 0 Å². The molecule has 112 valence electrons. The van der Waals surface area contributed by atoms with Crippen LogP contribution < -0.4 is 9.47 Å². The fourth-order valence-corrected chi connectivity index (χ4v) is 1.86. The molecule has 1 rings (SSSR count).